The average molecular weight is 398 g/mol. The van der Waals surface area contributed by atoms with Crippen LogP contribution in [0.2, 0.25) is 0 Å². The Kier molecular flexibility index (Phi) is 5.57. The third-order valence-corrected chi connectivity index (χ3v) is 4.80. The molecule has 0 radical (unpaired) electrons. The number of imidazole rings is 1. The standard InChI is InChI=1S/C24H22N4O2/c1-17-8-7-11-19(14-17)16-26-24(30)22-27-21(20-12-5-6-13-28(20)22)23(29)25-15-18-9-3-2-4-10-18/h2-14H,15-16H2,1H3,(H,25,29)(H,26,30). The van der Waals surface area contributed by atoms with Crippen LogP contribution in [0.25, 0.3) is 5.52 Å². The number of pyridine rings is 1. The van der Waals surface area contributed by atoms with Crippen LogP contribution in [0.4, 0.5) is 0 Å². The largest absolute Gasteiger partial charge is 0.347 e. The minimum atomic E-state index is -0.334. The first-order valence-electron chi connectivity index (χ1n) is 9.75. The maximum atomic E-state index is 12.8. The van der Waals surface area contributed by atoms with Crippen molar-refractivity contribution in [3.05, 3.63) is 107 Å². The Labute approximate surface area is 174 Å². The maximum Gasteiger partial charge on any atom is 0.287 e. The highest BCUT2D eigenvalue weighted by Crippen LogP contribution is 2.14. The summed E-state index contributed by atoms with van der Waals surface area (Å²) in [5, 5.41) is 5.77. The van der Waals surface area contributed by atoms with Gasteiger partial charge in [0.05, 0.1) is 5.52 Å². The van der Waals surface area contributed by atoms with E-state index in [0.717, 1.165) is 16.7 Å². The van der Waals surface area contributed by atoms with E-state index < -0.39 is 0 Å². The van der Waals surface area contributed by atoms with Crippen LogP contribution in [0.15, 0.2) is 79.0 Å². The number of fused-ring (bicyclic) bond motifs is 1. The van der Waals surface area contributed by atoms with Gasteiger partial charge in [-0.2, -0.15) is 0 Å². The molecule has 0 aliphatic carbocycles. The molecule has 0 unspecified atom stereocenters. The zero-order valence-corrected chi connectivity index (χ0v) is 16.6. The second-order valence-electron chi connectivity index (χ2n) is 7.08. The van der Waals surface area contributed by atoms with E-state index in [-0.39, 0.29) is 23.3 Å². The molecule has 30 heavy (non-hydrogen) atoms. The van der Waals surface area contributed by atoms with Gasteiger partial charge in [0.2, 0.25) is 5.82 Å². The smallest absolute Gasteiger partial charge is 0.287 e. The van der Waals surface area contributed by atoms with Gasteiger partial charge in [-0.1, -0.05) is 66.2 Å². The van der Waals surface area contributed by atoms with Crippen LogP contribution in [0.5, 0.6) is 0 Å². The first-order chi connectivity index (χ1) is 14.6. The van der Waals surface area contributed by atoms with E-state index in [9.17, 15) is 9.59 Å². The molecular weight excluding hydrogens is 376 g/mol. The zero-order chi connectivity index (χ0) is 20.9. The summed E-state index contributed by atoms with van der Waals surface area (Å²) in [7, 11) is 0. The summed E-state index contributed by atoms with van der Waals surface area (Å²) >= 11 is 0. The number of nitrogens with zero attached hydrogens (tertiary/aromatic N) is 2. The molecule has 4 aromatic rings. The van der Waals surface area contributed by atoms with Gasteiger partial charge in [0.25, 0.3) is 11.8 Å². The van der Waals surface area contributed by atoms with Crippen LogP contribution in [-0.2, 0) is 13.1 Å². The van der Waals surface area contributed by atoms with Crippen molar-refractivity contribution in [1.29, 1.82) is 0 Å². The molecule has 0 atom stereocenters. The molecule has 0 fully saturated rings. The summed E-state index contributed by atoms with van der Waals surface area (Å²) in [5.74, 6) is -0.469. The lowest BCUT2D eigenvalue weighted by Crippen LogP contribution is -2.26. The molecule has 2 aromatic heterocycles. The van der Waals surface area contributed by atoms with Crippen LogP contribution in [0.3, 0.4) is 0 Å². The SMILES string of the molecule is Cc1cccc(CNC(=O)c2nc(C(=O)NCc3ccccc3)c3ccccn23)c1. The van der Waals surface area contributed by atoms with Crippen molar-refractivity contribution < 1.29 is 9.59 Å². The van der Waals surface area contributed by atoms with Gasteiger partial charge in [0, 0.05) is 19.3 Å². The average Bonchev–Trinajstić information content (AvgIpc) is 3.17. The van der Waals surface area contributed by atoms with Gasteiger partial charge in [-0.3, -0.25) is 14.0 Å². The maximum absolute atomic E-state index is 12.8. The van der Waals surface area contributed by atoms with E-state index in [0.29, 0.717) is 18.6 Å². The van der Waals surface area contributed by atoms with Gasteiger partial charge in [0.1, 0.15) is 0 Å². The first-order valence-corrected chi connectivity index (χ1v) is 9.75. The number of nitrogens with one attached hydrogen (secondary N) is 2. The highest BCUT2D eigenvalue weighted by atomic mass is 16.2. The molecule has 0 aliphatic heterocycles. The summed E-state index contributed by atoms with van der Waals surface area (Å²) in [4.78, 5) is 29.9. The minimum absolute atomic E-state index is 0.183. The van der Waals surface area contributed by atoms with Crippen LogP contribution < -0.4 is 10.6 Å². The molecule has 2 N–H and O–H groups in total. The topological polar surface area (TPSA) is 75.5 Å². The second kappa shape index (κ2) is 8.61. The molecule has 4 rings (SSSR count). The lowest BCUT2D eigenvalue weighted by atomic mass is 10.1. The third kappa shape index (κ3) is 4.22. The monoisotopic (exact) mass is 398 g/mol. The second-order valence-corrected chi connectivity index (χ2v) is 7.08. The number of benzene rings is 2. The van der Waals surface area contributed by atoms with E-state index >= 15 is 0 Å². The fourth-order valence-corrected chi connectivity index (χ4v) is 3.31. The van der Waals surface area contributed by atoms with Crippen LogP contribution in [0, 0.1) is 6.92 Å². The molecule has 6 heteroatoms. The highest BCUT2D eigenvalue weighted by Gasteiger charge is 2.21. The number of rotatable bonds is 6. The molecule has 2 aromatic carbocycles. The summed E-state index contributed by atoms with van der Waals surface area (Å²) in [6, 6.07) is 23.0. The number of aromatic nitrogens is 2. The highest BCUT2D eigenvalue weighted by molar-refractivity contribution is 6.02. The number of carbonyl (C=O) groups excluding carboxylic acids is 2. The Balaban J connectivity index is 1.54. The van der Waals surface area contributed by atoms with Gasteiger partial charge in [-0.15, -0.1) is 0 Å². The lowest BCUT2D eigenvalue weighted by Gasteiger charge is -2.05. The van der Waals surface area contributed by atoms with E-state index in [1.807, 2.05) is 67.6 Å². The Morgan fingerprint density at radius 1 is 0.833 bits per heavy atom. The lowest BCUT2D eigenvalue weighted by molar-refractivity contribution is 0.0939. The molecule has 2 amide bonds. The summed E-state index contributed by atoms with van der Waals surface area (Å²) in [6.45, 7) is 2.78. The van der Waals surface area contributed by atoms with E-state index in [4.69, 9.17) is 0 Å². The molecule has 0 bridgehead atoms. The number of aryl methyl sites for hydroxylation is 1. The molecule has 6 nitrogen and oxygen atoms in total. The Hall–Kier alpha value is -3.93. The summed E-state index contributed by atoms with van der Waals surface area (Å²) in [6.07, 6.45) is 1.73. The Morgan fingerprint density at radius 2 is 1.53 bits per heavy atom. The van der Waals surface area contributed by atoms with Crippen LogP contribution >= 0.6 is 0 Å². The van der Waals surface area contributed by atoms with E-state index in [2.05, 4.69) is 15.6 Å². The van der Waals surface area contributed by atoms with Gasteiger partial charge in [0.15, 0.2) is 5.69 Å². The molecule has 0 spiro atoms. The number of carbonyl (C=O) groups is 2. The molecule has 150 valence electrons. The van der Waals surface area contributed by atoms with Crippen molar-refractivity contribution in [2.45, 2.75) is 20.0 Å². The molecular formula is C24H22N4O2. The normalized spacial score (nSPS) is 10.7. The number of hydrogen-bond acceptors (Lipinski definition) is 3. The molecule has 0 saturated heterocycles. The summed E-state index contributed by atoms with van der Waals surface area (Å²) in [5.41, 5.74) is 3.94. The van der Waals surface area contributed by atoms with Crippen molar-refractivity contribution in [2.75, 3.05) is 0 Å². The number of hydrogen-bond donors (Lipinski definition) is 2. The van der Waals surface area contributed by atoms with E-state index in [1.165, 1.54) is 0 Å². The first kappa shape index (κ1) is 19.4. The minimum Gasteiger partial charge on any atom is -0.347 e. The molecule has 0 saturated carbocycles. The molecule has 0 aliphatic rings. The van der Waals surface area contributed by atoms with Gasteiger partial charge in [-0.05, 0) is 30.2 Å². The van der Waals surface area contributed by atoms with Crippen molar-refractivity contribution in [3.63, 3.8) is 0 Å². The Morgan fingerprint density at radius 3 is 2.33 bits per heavy atom. The third-order valence-electron chi connectivity index (χ3n) is 4.80. The molecule has 2 heterocycles. The van der Waals surface area contributed by atoms with Crippen molar-refractivity contribution in [2.24, 2.45) is 0 Å². The van der Waals surface area contributed by atoms with Crippen molar-refractivity contribution in [3.8, 4) is 0 Å². The van der Waals surface area contributed by atoms with Gasteiger partial charge >= 0.3 is 0 Å². The predicted molar refractivity (Wildman–Crippen MR) is 115 cm³/mol. The van der Waals surface area contributed by atoms with Crippen LogP contribution in [-0.4, -0.2) is 21.2 Å². The quantitative estimate of drug-likeness (QED) is 0.522. The van der Waals surface area contributed by atoms with Crippen molar-refractivity contribution >= 4 is 17.3 Å². The van der Waals surface area contributed by atoms with Crippen LogP contribution in [0.1, 0.15) is 37.8 Å². The fourth-order valence-electron chi connectivity index (χ4n) is 3.31. The van der Waals surface area contributed by atoms with Gasteiger partial charge < -0.3 is 10.6 Å². The van der Waals surface area contributed by atoms with E-state index in [1.54, 1.807) is 22.7 Å². The Bertz CT molecular complexity index is 1200. The van der Waals surface area contributed by atoms with Gasteiger partial charge in [-0.25, -0.2) is 4.98 Å². The zero-order valence-electron chi connectivity index (χ0n) is 16.6. The predicted octanol–water partition coefficient (Wildman–Crippen LogP) is 3.50. The van der Waals surface area contributed by atoms with Crippen molar-refractivity contribution in [1.82, 2.24) is 20.0 Å². The number of amides is 2. The summed E-state index contributed by atoms with van der Waals surface area (Å²) < 4.78 is 1.64. The fraction of sp³-hybridized carbons (Fsp3) is 0.125.